The van der Waals surface area contributed by atoms with Gasteiger partial charge in [-0.3, -0.25) is 0 Å². The van der Waals surface area contributed by atoms with Crippen LogP contribution in [0.2, 0.25) is 0 Å². The van der Waals surface area contributed by atoms with Crippen molar-refractivity contribution in [1.29, 1.82) is 0 Å². The number of hydrogen-bond donors (Lipinski definition) is 1. The maximum atomic E-state index is 6.15. The Morgan fingerprint density at radius 3 is 2.62 bits per heavy atom. The molecule has 1 aromatic heterocycles. The van der Waals surface area contributed by atoms with E-state index in [9.17, 15) is 0 Å². The zero-order chi connectivity index (χ0) is 14.9. The first-order valence-electron chi connectivity index (χ1n) is 8.25. The summed E-state index contributed by atoms with van der Waals surface area (Å²) in [6.07, 6.45) is 6.77. The van der Waals surface area contributed by atoms with Gasteiger partial charge in [-0.25, -0.2) is 0 Å². The molecule has 3 aliphatic rings. The Labute approximate surface area is 126 Å². The molecule has 4 nitrogen and oxygen atoms in total. The van der Waals surface area contributed by atoms with Crippen LogP contribution in [0, 0.1) is 11.3 Å². The van der Waals surface area contributed by atoms with Gasteiger partial charge < -0.3 is 9.47 Å². The quantitative estimate of drug-likeness (QED) is 0.744. The normalized spacial score (nSPS) is 36.5. The molecule has 1 saturated heterocycles. The maximum Gasteiger partial charge on any atom is 0.198 e. The predicted molar refractivity (Wildman–Crippen MR) is 78.8 cm³/mol. The molecule has 1 aliphatic heterocycles. The number of H-pyrrole nitrogens is 1. The van der Waals surface area contributed by atoms with Crippen LogP contribution in [-0.2, 0) is 28.4 Å². The second-order valence-electron chi connectivity index (χ2n) is 7.93. The second-order valence-corrected chi connectivity index (χ2v) is 7.93. The summed E-state index contributed by atoms with van der Waals surface area (Å²) < 4.78 is 14.4. The van der Waals surface area contributed by atoms with Crippen LogP contribution in [0.25, 0.3) is 0 Å². The average Bonchev–Trinajstić information content (AvgIpc) is 3.03. The number of fused-ring (bicyclic) bond motifs is 3. The number of nitrogens with zero attached hydrogens (tertiary/aromatic N) is 1. The predicted octanol–water partition coefficient (Wildman–Crippen LogP) is 2.22. The average molecular weight is 291 g/mol. The summed E-state index contributed by atoms with van der Waals surface area (Å²) in [6, 6.07) is 0. The standard InChI is InChI=1S/C17H26N2O2/c1-15(2)13-6-5-12-11-19(4)18-14(12)16(13,3)7-8-17(15)20-9-10-21-17/h11,13H,5-10H2,1-4H3/p+1/t13-,16-/m0/s1. The van der Waals surface area contributed by atoms with Gasteiger partial charge in [0.2, 0.25) is 0 Å². The van der Waals surface area contributed by atoms with Gasteiger partial charge in [-0.05, 0) is 25.2 Å². The third kappa shape index (κ3) is 1.61. The van der Waals surface area contributed by atoms with Crippen LogP contribution in [0.4, 0.5) is 0 Å². The highest BCUT2D eigenvalue weighted by Gasteiger charge is 2.64. The highest BCUT2D eigenvalue weighted by molar-refractivity contribution is 5.31. The topological polar surface area (TPSA) is 38.1 Å². The van der Waals surface area contributed by atoms with Gasteiger partial charge in [-0.2, -0.15) is 5.10 Å². The Morgan fingerprint density at radius 2 is 1.90 bits per heavy atom. The fraction of sp³-hybridized carbons (Fsp3) is 0.824. The number of aromatic amines is 1. The van der Waals surface area contributed by atoms with Crippen LogP contribution < -0.4 is 4.68 Å². The van der Waals surface area contributed by atoms with E-state index in [4.69, 9.17) is 9.47 Å². The monoisotopic (exact) mass is 291 g/mol. The summed E-state index contributed by atoms with van der Waals surface area (Å²) in [7, 11) is 2.09. The molecule has 2 heterocycles. The van der Waals surface area contributed by atoms with Crippen LogP contribution in [0.3, 0.4) is 0 Å². The van der Waals surface area contributed by atoms with Crippen molar-refractivity contribution in [1.82, 2.24) is 5.10 Å². The van der Waals surface area contributed by atoms with Crippen LogP contribution in [0.5, 0.6) is 0 Å². The number of nitrogens with one attached hydrogen (secondary N) is 1. The van der Waals surface area contributed by atoms with Crippen LogP contribution in [0.1, 0.15) is 51.3 Å². The lowest BCUT2D eigenvalue weighted by atomic mass is 9.49. The summed E-state index contributed by atoms with van der Waals surface area (Å²) in [5.74, 6) is 0.228. The molecule has 0 bridgehead atoms. The minimum atomic E-state index is -0.358. The van der Waals surface area contributed by atoms with Crippen molar-refractivity contribution in [2.24, 2.45) is 18.4 Å². The number of aromatic nitrogens is 2. The van der Waals surface area contributed by atoms with Crippen molar-refractivity contribution >= 4 is 0 Å². The Balaban J connectivity index is 1.80. The first kappa shape index (κ1) is 13.8. The molecule has 1 saturated carbocycles. The first-order valence-corrected chi connectivity index (χ1v) is 8.25. The third-order valence-corrected chi connectivity index (χ3v) is 6.58. The largest absolute Gasteiger partial charge is 0.347 e. The Morgan fingerprint density at radius 1 is 1.19 bits per heavy atom. The van der Waals surface area contributed by atoms with Crippen LogP contribution in [0.15, 0.2) is 6.20 Å². The molecule has 2 fully saturated rings. The van der Waals surface area contributed by atoms with Crippen LogP contribution in [-0.4, -0.2) is 24.1 Å². The van der Waals surface area contributed by atoms with Gasteiger partial charge in [0.25, 0.3) is 0 Å². The van der Waals surface area contributed by atoms with Crippen molar-refractivity contribution < 1.29 is 14.2 Å². The van der Waals surface area contributed by atoms with Gasteiger partial charge in [0, 0.05) is 22.8 Å². The molecule has 4 heteroatoms. The summed E-state index contributed by atoms with van der Waals surface area (Å²) in [4.78, 5) is 0. The SMILES string of the molecule is C[n+]1cc2c([nH]1)[C@@]1(C)CCC3(OCCO3)C(C)(C)[C@@H]1CC2. The van der Waals surface area contributed by atoms with E-state index in [2.05, 4.69) is 43.8 Å². The molecule has 1 aromatic rings. The molecule has 0 unspecified atom stereocenters. The lowest BCUT2D eigenvalue weighted by molar-refractivity contribution is -0.727. The van der Waals surface area contributed by atoms with Crippen molar-refractivity contribution in [3.63, 3.8) is 0 Å². The Bertz CT molecular complexity index is 571. The lowest BCUT2D eigenvalue weighted by Gasteiger charge is -2.59. The molecule has 2 aliphatic carbocycles. The molecular weight excluding hydrogens is 264 g/mol. The van der Waals surface area contributed by atoms with E-state index in [1.807, 2.05) is 0 Å². The number of hydrogen-bond acceptors (Lipinski definition) is 2. The van der Waals surface area contributed by atoms with Gasteiger partial charge in [-0.15, -0.1) is 4.68 Å². The number of aryl methyl sites for hydroxylation is 2. The van der Waals surface area contributed by atoms with Crippen molar-refractivity contribution in [3.05, 3.63) is 17.5 Å². The second kappa shape index (κ2) is 4.11. The van der Waals surface area contributed by atoms with Crippen LogP contribution >= 0.6 is 0 Å². The smallest absolute Gasteiger partial charge is 0.198 e. The maximum absolute atomic E-state index is 6.15. The molecule has 1 spiro atoms. The fourth-order valence-corrected chi connectivity index (χ4v) is 5.49. The molecule has 4 rings (SSSR count). The third-order valence-electron chi connectivity index (χ3n) is 6.58. The highest BCUT2D eigenvalue weighted by Crippen LogP contribution is 2.62. The van der Waals surface area contributed by atoms with E-state index < -0.39 is 0 Å². The number of rotatable bonds is 0. The van der Waals surface area contributed by atoms with Crippen molar-refractivity contribution in [2.45, 2.75) is 57.7 Å². The first-order chi connectivity index (χ1) is 9.89. The zero-order valence-electron chi connectivity index (χ0n) is 13.7. The molecule has 0 radical (unpaired) electrons. The van der Waals surface area contributed by atoms with E-state index in [-0.39, 0.29) is 16.6 Å². The van der Waals surface area contributed by atoms with Gasteiger partial charge in [0.1, 0.15) is 0 Å². The summed E-state index contributed by atoms with van der Waals surface area (Å²) in [6.45, 7) is 8.64. The molecule has 0 aromatic carbocycles. The van der Waals surface area contributed by atoms with E-state index in [1.165, 1.54) is 17.7 Å². The summed E-state index contributed by atoms with van der Waals surface area (Å²) in [5.41, 5.74) is 3.19. The fourth-order valence-electron chi connectivity index (χ4n) is 5.49. The van der Waals surface area contributed by atoms with Gasteiger partial charge >= 0.3 is 0 Å². The van der Waals surface area contributed by atoms with Gasteiger partial charge in [-0.1, -0.05) is 20.8 Å². The molecule has 21 heavy (non-hydrogen) atoms. The minimum Gasteiger partial charge on any atom is -0.347 e. The van der Waals surface area contributed by atoms with Gasteiger partial charge in [0.15, 0.2) is 19.0 Å². The van der Waals surface area contributed by atoms with Gasteiger partial charge in [0.05, 0.1) is 18.9 Å². The van der Waals surface area contributed by atoms with Crippen molar-refractivity contribution in [3.8, 4) is 0 Å². The molecule has 2 atom stereocenters. The summed E-state index contributed by atoms with van der Waals surface area (Å²) >= 11 is 0. The van der Waals surface area contributed by atoms with E-state index in [1.54, 1.807) is 0 Å². The molecule has 116 valence electrons. The molecule has 1 N–H and O–H groups in total. The molecular formula is C17H27N2O2+. The van der Waals surface area contributed by atoms with Crippen molar-refractivity contribution in [2.75, 3.05) is 13.2 Å². The minimum absolute atomic E-state index is 0.0396. The Hall–Kier alpha value is -0.870. The summed E-state index contributed by atoms with van der Waals surface area (Å²) in [5, 5.41) is 3.59. The lowest BCUT2D eigenvalue weighted by Crippen LogP contribution is -2.61. The molecule has 0 amide bonds. The van der Waals surface area contributed by atoms with E-state index >= 15 is 0 Å². The Kier molecular flexibility index (Phi) is 2.69. The zero-order valence-corrected chi connectivity index (χ0v) is 13.7. The number of ether oxygens (including phenoxy) is 2. The van der Waals surface area contributed by atoms with E-state index in [0.717, 1.165) is 32.5 Å². The highest BCUT2D eigenvalue weighted by atomic mass is 16.7. The van der Waals surface area contributed by atoms with E-state index in [0.29, 0.717) is 5.92 Å².